The fourth-order valence-electron chi connectivity index (χ4n) is 2.58. The van der Waals surface area contributed by atoms with Gasteiger partial charge in [-0.2, -0.15) is 0 Å². The molecule has 2 amide bonds. The van der Waals surface area contributed by atoms with Crippen LogP contribution in [0.4, 0.5) is 5.69 Å². The Balaban J connectivity index is 2.05. The molecule has 0 radical (unpaired) electrons. The molecule has 120 valence electrons. The average Bonchev–Trinajstić information content (AvgIpc) is 2.52. The van der Waals surface area contributed by atoms with E-state index in [2.05, 4.69) is 16.7 Å². The van der Waals surface area contributed by atoms with Gasteiger partial charge in [0.25, 0.3) is 0 Å². The molecule has 3 atom stereocenters. The third-order valence-corrected chi connectivity index (χ3v) is 4.44. The molecule has 0 spiro atoms. The minimum Gasteiger partial charge on any atom is -0.348 e. The van der Waals surface area contributed by atoms with Crippen molar-refractivity contribution in [3.63, 3.8) is 0 Å². The van der Waals surface area contributed by atoms with Crippen LogP contribution in [-0.2, 0) is 16.0 Å². The molecule has 0 saturated carbocycles. The largest absolute Gasteiger partial charge is 0.348 e. The van der Waals surface area contributed by atoms with Gasteiger partial charge in [0.05, 0.1) is 12.1 Å². The van der Waals surface area contributed by atoms with Crippen LogP contribution in [-0.4, -0.2) is 17.9 Å². The Labute approximate surface area is 131 Å². The SMILES string of the molecule is CCC(C)C(N)C(=O)NC(C)c1ccc2c(c1)CCC(=O)N2. The fourth-order valence-corrected chi connectivity index (χ4v) is 2.58. The number of nitrogens with two attached hydrogens (primary N) is 1. The summed E-state index contributed by atoms with van der Waals surface area (Å²) in [6, 6.07) is 5.30. The summed E-state index contributed by atoms with van der Waals surface area (Å²) in [5.41, 5.74) is 8.98. The van der Waals surface area contributed by atoms with Crippen molar-refractivity contribution in [2.45, 2.75) is 52.1 Å². The van der Waals surface area contributed by atoms with Crippen molar-refractivity contribution in [1.82, 2.24) is 5.32 Å². The molecule has 3 unspecified atom stereocenters. The van der Waals surface area contributed by atoms with Crippen molar-refractivity contribution >= 4 is 17.5 Å². The van der Waals surface area contributed by atoms with Crippen molar-refractivity contribution in [1.29, 1.82) is 0 Å². The number of fused-ring (bicyclic) bond motifs is 1. The summed E-state index contributed by atoms with van der Waals surface area (Å²) in [6.07, 6.45) is 2.12. The van der Waals surface area contributed by atoms with E-state index >= 15 is 0 Å². The first kappa shape index (κ1) is 16.5. The average molecular weight is 303 g/mol. The molecule has 1 aromatic carbocycles. The lowest BCUT2D eigenvalue weighted by Crippen LogP contribution is -2.45. The second-order valence-corrected chi connectivity index (χ2v) is 6.11. The lowest BCUT2D eigenvalue weighted by Gasteiger charge is -2.23. The molecular weight excluding hydrogens is 278 g/mol. The van der Waals surface area contributed by atoms with Gasteiger partial charge in [0.1, 0.15) is 0 Å². The molecule has 0 aliphatic carbocycles. The molecule has 0 fully saturated rings. The van der Waals surface area contributed by atoms with Crippen LogP contribution in [0.5, 0.6) is 0 Å². The zero-order chi connectivity index (χ0) is 16.3. The first-order valence-electron chi connectivity index (χ1n) is 7.91. The van der Waals surface area contributed by atoms with E-state index in [0.29, 0.717) is 6.42 Å². The highest BCUT2D eigenvalue weighted by molar-refractivity contribution is 5.93. The minimum atomic E-state index is -0.482. The fraction of sp³-hybridized carbons (Fsp3) is 0.529. The highest BCUT2D eigenvalue weighted by Crippen LogP contribution is 2.26. The number of anilines is 1. The summed E-state index contributed by atoms with van der Waals surface area (Å²) in [6.45, 7) is 5.96. The highest BCUT2D eigenvalue weighted by atomic mass is 16.2. The number of rotatable bonds is 5. The molecular formula is C17H25N3O2. The molecule has 0 aromatic heterocycles. The number of carbonyl (C=O) groups is 2. The number of hydrogen-bond donors (Lipinski definition) is 3. The summed E-state index contributed by atoms with van der Waals surface area (Å²) >= 11 is 0. The van der Waals surface area contributed by atoms with E-state index < -0.39 is 6.04 Å². The van der Waals surface area contributed by atoms with Gasteiger partial charge < -0.3 is 16.4 Å². The van der Waals surface area contributed by atoms with E-state index in [4.69, 9.17) is 5.73 Å². The van der Waals surface area contributed by atoms with E-state index in [9.17, 15) is 9.59 Å². The summed E-state index contributed by atoms with van der Waals surface area (Å²) in [5.74, 6) is 0.0972. The molecule has 5 heteroatoms. The van der Waals surface area contributed by atoms with E-state index in [1.807, 2.05) is 32.9 Å². The molecule has 1 aliphatic heterocycles. The lowest BCUT2D eigenvalue weighted by molar-refractivity contribution is -0.124. The number of nitrogens with one attached hydrogen (secondary N) is 2. The summed E-state index contributed by atoms with van der Waals surface area (Å²) in [7, 11) is 0. The van der Waals surface area contributed by atoms with Gasteiger partial charge in [0, 0.05) is 12.1 Å². The zero-order valence-electron chi connectivity index (χ0n) is 13.5. The molecule has 22 heavy (non-hydrogen) atoms. The number of carbonyl (C=O) groups excluding carboxylic acids is 2. The predicted octanol–water partition coefficient (Wildman–Crippen LogP) is 2.12. The van der Waals surface area contributed by atoms with Crippen LogP contribution < -0.4 is 16.4 Å². The van der Waals surface area contributed by atoms with Crippen LogP contribution in [0.1, 0.15) is 50.8 Å². The maximum Gasteiger partial charge on any atom is 0.237 e. The summed E-state index contributed by atoms with van der Waals surface area (Å²) < 4.78 is 0. The maximum atomic E-state index is 12.2. The first-order chi connectivity index (χ1) is 10.4. The van der Waals surface area contributed by atoms with Crippen molar-refractivity contribution in [2.24, 2.45) is 11.7 Å². The van der Waals surface area contributed by atoms with Crippen LogP contribution in [0.25, 0.3) is 0 Å². The number of benzene rings is 1. The molecule has 5 nitrogen and oxygen atoms in total. The Kier molecular flexibility index (Phi) is 5.19. The Hall–Kier alpha value is -1.88. The molecule has 2 rings (SSSR count). The number of hydrogen-bond acceptors (Lipinski definition) is 3. The van der Waals surface area contributed by atoms with Crippen molar-refractivity contribution in [3.8, 4) is 0 Å². The van der Waals surface area contributed by atoms with Crippen molar-refractivity contribution < 1.29 is 9.59 Å². The van der Waals surface area contributed by atoms with Gasteiger partial charge in [-0.1, -0.05) is 32.4 Å². The monoisotopic (exact) mass is 303 g/mol. The highest BCUT2D eigenvalue weighted by Gasteiger charge is 2.22. The molecule has 1 heterocycles. The van der Waals surface area contributed by atoms with Crippen LogP contribution in [0.3, 0.4) is 0 Å². The predicted molar refractivity (Wildman–Crippen MR) is 87.4 cm³/mol. The van der Waals surface area contributed by atoms with Crippen LogP contribution in [0, 0.1) is 5.92 Å². The zero-order valence-corrected chi connectivity index (χ0v) is 13.5. The van der Waals surface area contributed by atoms with Gasteiger partial charge in [-0.25, -0.2) is 0 Å². The van der Waals surface area contributed by atoms with Crippen LogP contribution >= 0.6 is 0 Å². The second kappa shape index (κ2) is 6.92. The molecule has 0 bridgehead atoms. The third kappa shape index (κ3) is 3.65. The third-order valence-electron chi connectivity index (χ3n) is 4.44. The Bertz CT molecular complexity index is 571. The van der Waals surface area contributed by atoms with E-state index in [1.54, 1.807) is 0 Å². The first-order valence-corrected chi connectivity index (χ1v) is 7.91. The summed E-state index contributed by atoms with van der Waals surface area (Å²) in [5, 5.41) is 5.84. The van der Waals surface area contributed by atoms with Gasteiger partial charge in [-0.15, -0.1) is 0 Å². The molecule has 1 aliphatic rings. The van der Waals surface area contributed by atoms with E-state index in [0.717, 1.165) is 29.7 Å². The van der Waals surface area contributed by atoms with Gasteiger partial charge in [-0.05, 0) is 36.5 Å². The molecule has 4 N–H and O–H groups in total. The normalized spacial score (nSPS) is 17.9. The maximum absolute atomic E-state index is 12.2. The smallest absolute Gasteiger partial charge is 0.237 e. The topological polar surface area (TPSA) is 84.2 Å². The molecule has 1 aromatic rings. The van der Waals surface area contributed by atoms with Crippen LogP contribution in [0.2, 0.25) is 0 Å². The lowest BCUT2D eigenvalue weighted by atomic mass is 9.96. The minimum absolute atomic E-state index is 0.0566. The number of aryl methyl sites for hydroxylation is 1. The quantitative estimate of drug-likeness (QED) is 0.779. The van der Waals surface area contributed by atoms with Gasteiger partial charge in [0.2, 0.25) is 11.8 Å². The van der Waals surface area contributed by atoms with E-state index in [-0.39, 0.29) is 23.8 Å². The number of amides is 2. The Morgan fingerprint density at radius 1 is 1.36 bits per heavy atom. The van der Waals surface area contributed by atoms with Gasteiger partial charge in [-0.3, -0.25) is 9.59 Å². The van der Waals surface area contributed by atoms with Crippen molar-refractivity contribution in [3.05, 3.63) is 29.3 Å². The van der Waals surface area contributed by atoms with E-state index in [1.165, 1.54) is 0 Å². The van der Waals surface area contributed by atoms with Crippen LogP contribution in [0.15, 0.2) is 18.2 Å². The molecule has 0 saturated heterocycles. The second-order valence-electron chi connectivity index (χ2n) is 6.11. The summed E-state index contributed by atoms with van der Waals surface area (Å²) in [4.78, 5) is 23.5. The van der Waals surface area contributed by atoms with Gasteiger partial charge in [0.15, 0.2) is 0 Å². The Morgan fingerprint density at radius 3 is 2.77 bits per heavy atom. The van der Waals surface area contributed by atoms with Gasteiger partial charge >= 0.3 is 0 Å². The standard InChI is InChI=1S/C17H25N3O2/c1-4-10(2)16(18)17(22)19-11(3)12-5-7-14-13(9-12)6-8-15(21)20-14/h5,7,9-11,16H,4,6,8,18H2,1-3H3,(H,19,22)(H,20,21). The van der Waals surface area contributed by atoms with Crippen molar-refractivity contribution in [2.75, 3.05) is 5.32 Å². The Morgan fingerprint density at radius 2 is 2.09 bits per heavy atom.